The first-order chi connectivity index (χ1) is 10.1. The number of aliphatic carboxylic acids is 1. The normalized spacial score (nSPS) is 31.6. The zero-order valence-electron chi connectivity index (χ0n) is 13.4. The largest absolute Gasteiger partial charge is 0.480 e. The number of methoxy groups -OCH3 is 1. The fourth-order valence-corrected chi connectivity index (χ4v) is 4.08. The number of likely N-dealkylation sites (tertiary alicyclic amines) is 1. The van der Waals surface area contributed by atoms with Gasteiger partial charge in [-0.2, -0.15) is 0 Å². The minimum absolute atomic E-state index is 0.259. The summed E-state index contributed by atoms with van der Waals surface area (Å²) in [4.78, 5) is 14.2. The van der Waals surface area contributed by atoms with Crippen LogP contribution in [0.5, 0.6) is 0 Å². The van der Waals surface area contributed by atoms with Gasteiger partial charge in [0.05, 0.1) is 6.10 Å². The van der Waals surface area contributed by atoms with Gasteiger partial charge < -0.3 is 20.1 Å². The van der Waals surface area contributed by atoms with E-state index in [9.17, 15) is 9.90 Å². The maximum absolute atomic E-state index is 11.8. The van der Waals surface area contributed by atoms with Gasteiger partial charge in [-0.15, -0.1) is 0 Å². The molecule has 5 heteroatoms. The summed E-state index contributed by atoms with van der Waals surface area (Å²) in [6.45, 7) is 5.89. The van der Waals surface area contributed by atoms with Gasteiger partial charge in [0.25, 0.3) is 0 Å². The van der Waals surface area contributed by atoms with Crippen LogP contribution < -0.4 is 5.32 Å². The van der Waals surface area contributed by atoms with Crippen molar-refractivity contribution in [2.45, 2.75) is 57.1 Å². The lowest BCUT2D eigenvalue weighted by atomic mass is 9.84. The van der Waals surface area contributed by atoms with Gasteiger partial charge in [-0.25, -0.2) is 0 Å². The van der Waals surface area contributed by atoms with Gasteiger partial charge in [0.1, 0.15) is 5.54 Å². The highest BCUT2D eigenvalue weighted by atomic mass is 16.5. The molecule has 2 atom stereocenters. The summed E-state index contributed by atoms with van der Waals surface area (Å²) in [5.74, 6) is -0.403. The van der Waals surface area contributed by atoms with E-state index in [4.69, 9.17) is 4.74 Å². The molecule has 1 aliphatic heterocycles. The van der Waals surface area contributed by atoms with Crippen molar-refractivity contribution in [2.75, 3.05) is 33.3 Å². The lowest BCUT2D eigenvalue weighted by Gasteiger charge is -2.35. The SMILES string of the molecule is CCNC1(C(=O)O)CCCC1CCN1CCC(OC)CC1. The van der Waals surface area contributed by atoms with Crippen molar-refractivity contribution in [1.82, 2.24) is 10.2 Å². The number of likely N-dealkylation sites (N-methyl/N-ethyl adjacent to an activating group) is 1. The van der Waals surface area contributed by atoms with Crippen molar-refractivity contribution >= 4 is 5.97 Å². The van der Waals surface area contributed by atoms with E-state index in [0.29, 0.717) is 6.10 Å². The molecule has 1 heterocycles. The Kier molecular flexibility index (Phi) is 6.02. The molecule has 2 unspecified atom stereocenters. The summed E-state index contributed by atoms with van der Waals surface area (Å²) in [6, 6.07) is 0. The second kappa shape index (κ2) is 7.56. The Bertz CT molecular complexity index is 342. The number of carbonyl (C=O) groups is 1. The monoisotopic (exact) mass is 298 g/mol. The zero-order chi connectivity index (χ0) is 15.3. The molecule has 0 aromatic carbocycles. The van der Waals surface area contributed by atoms with Crippen molar-refractivity contribution in [3.63, 3.8) is 0 Å². The standard InChI is InChI=1S/C16H30N2O3/c1-3-17-16(15(19)20)9-4-5-13(16)6-10-18-11-7-14(21-2)8-12-18/h13-14,17H,3-12H2,1-2H3,(H,19,20). The molecule has 5 nitrogen and oxygen atoms in total. The summed E-state index contributed by atoms with van der Waals surface area (Å²) >= 11 is 0. The number of nitrogens with zero attached hydrogens (tertiary/aromatic N) is 1. The number of piperidine rings is 1. The molecule has 122 valence electrons. The van der Waals surface area contributed by atoms with Gasteiger partial charge in [0, 0.05) is 20.2 Å². The number of hydrogen-bond acceptors (Lipinski definition) is 4. The Morgan fingerprint density at radius 2 is 2.10 bits per heavy atom. The van der Waals surface area contributed by atoms with Crippen LogP contribution in [-0.4, -0.2) is 60.9 Å². The van der Waals surface area contributed by atoms with Gasteiger partial charge in [-0.1, -0.05) is 13.3 Å². The van der Waals surface area contributed by atoms with Crippen LogP contribution in [0.4, 0.5) is 0 Å². The maximum atomic E-state index is 11.8. The molecule has 2 aliphatic rings. The Morgan fingerprint density at radius 1 is 1.38 bits per heavy atom. The van der Waals surface area contributed by atoms with E-state index >= 15 is 0 Å². The van der Waals surface area contributed by atoms with E-state index in [1.54, 1.807) is 7.11 Å². The van der Waals surface area contributed by atoms with Gasteiger partial charge >= 0.3 is 5.97 Å². The predicted octanol–water partition coefficient (Wildman–Crippen LogP) is 1.72. The second-order valence-electron chi connectivity index (χ2n) is 6.46. The van der Waals surface area contributed by atoms with E-state index in [1.165, 1.54) is 0 Å². The smallest absolute Gasteiger partial charge is 0.324 e. The molecule has 0 spiro atoms. The van der Waals surface area contributed by atoms with Crippen molar-refractivity contribution in [1.29, 1.82) is 0 Å². The average molecular weight is 298 g/mol. The quantitative estimate of drug-likeness (QED) is 0.749. The molecule has 2 N–H and O–H groups in total. The molecule has 21 heavy (non-hydrogen) atoms. The summed E-state index contributed by atoms with van der Waals surface area (Å²) in [7, 11) is 1.79. The number of ether oxygens (including phenoxy) is 1. The Labute approximate surface area is 128 Å². The molecular weight excluding hydrogens is 268 g/mol. The lowest BCUT2D eigenvalue weighted by Crippen LogP contribution is -2.55. The highest BCUT2D eigenvalue weighted by Gasteiger charge is 2.48. The van der Waals surface area contributed by atoms with Crippen LogP contribution in [0.2, 0.25) is 0 Å². The average Bonchev–Trinajstić information content (AvgIpc) is 2.90. The molecule has 1 aliphatic carbocycles. The Balaban J connectivity index is 1.85. The molecule has 0 aromatic rings. The summed E-state index contributed by atoms with van der Waals surface area (Å²) < 4.78 is 5.40. The number of nitrogens with one attached hydrogen (secondary N) is 1. The molecule has 2 rings (SSSR count). The number of carboxylic acids is 1. The number of rotatable bonds is 7. The van der Waals surface area contributed by atoms with E-state index < -0.39 is 11.5 Å². The van der Waals surface area contributed by atoms with Crippen LogP contribution >= 0.6 is 0 Å². The number of carboxylic acid groups (broad SMARTS) is 1. The van der Waals surface area contributed by atoms with Crippen molar-refractivity contribution in [3.8, 4) is 0 Å². The van der Waals surface area contributed by atoms with Crippen LogP contribution in [0.1, 0.15) is 45.4 Å². The lowest BCUT2D eigenvalue weighted by molar-refractivity contribution is -0.146. The Hall–Kier alpha value is -0.650. The Morgan fingerprint density at radius 3 is 2.67 bits per heavy atom. The van der Waals surface area contributed by atoms with Crippen molar-refractivity contribution < 1.29 is 14.6 Å². The topological polar surface area (TPSA) is 61.8 Å². The van der Waals surface area contributed by atoms with Gasteiger partial charge in [-0.05, 0) is 51.1 Å². The van der Waals surface area contributed by atoms with E-state index in [-0.39, 0.29) is 5.92 Å². The molecule has 2 fully saturated rings. The van der Waals surface area contributed by atoms with E-state index in [2.05, 4.69) is 10.2 Å². The molecule has 1 saturated carbocycles. The molecule has 0 amide bonds. The van der Waals surface area contributed by atoms with Crippen LogP contribution in [-0.2, 0) is 9.53 Å². The van der Waals surface area contributed by atoms with Crippen LogP contribution in [0.25, 0.3) is 0 Å². The highest BCUT2D eigenvalue weighted by molar-refractivity contribution is 5.79. The first-order valence-corrected chi connectivity index (χ1v) is 8.36. The third-order valence-electron chi connectivity index (χ3n) is 5.36. The minimum atomic E-state index is -0.681. The minimum Gasteiger partial charge on any atom is -0.480 e. The third-order valence-corrected chi connectivity index (χ3v) is 5.36. The van der Waals surface area contributed by atoms with E-state index in [0.717, 1.165) is 64.7 Å². The second-order valence-corrected chi connectivity index (χ2v) is 6.46. The fraction of sp³-hybridized carbons (Fsp3) is 0.938. The maximum Gasteiger partial charge on any atom is 0.324 e. The zero-order valence-corrected chi connectivity index (χ0v) is 13.4. The van der Waals surface area contributed by atoms with E-state index in [1.807, 2.05) is 6.92 Å². The van der Waals surface area contributed by atoms with Crippen molar-refractivity contribution in [3.05, 3.63) is 0 Å². The fourth-order valence-electron chi connectivity index (χ4n) is 4.08. The van der Waals surface area contributed by atoms with Crippen LogP contribution in [0.3, 0.4) is 0 Å². The van der Waals surface area contributed by atoms with Crippen molar-refractivity contribution in [2.24, 2.45) is 5.92 Å². The van der Waals surface area contributed by atoms with Gasteiger partial charge in [-0.3, -0.25) is 4.79 Å². The highest BCUT2D eigenvalue weighted by Crippen LogP contribution is 2.38. The predicted molar refractivity (Wildman–Crippen MR) is 82.5 cm³/mol. The first-order valence-electron chi connectivity index (χ1n) is 8.36. The summed E-state index contributed by atoms with van der Waals surface area (Å²) in [6.07, 6.45) is 6.41. The molecular formula is C16H30N2O3. The summed E-state index contributed by atoms with van der Waals surface area (Å²) in [5, 5.41) is 12.9. The van der Waals surface area contributed by atoms with Gasteiger partial charge in [0.15, 0.2) is 0 Å². The van der Waals surface area contributed by atoms with Crippen LogP contribution in [0, 0.1) is 5.92 Å². The molecule has 1 saturated heterocycles. The van der Waals surface area contributed by atoms with Crippen LogP contribution in [0.15, 0.2) is 0 Å². The summed E-state index contributed by atoms with van der Waals surface area (Å²) in [5.41, 5.74) is -0.681. The molecule has 0 bridgehead atoms. The van der Waals surface area contributed by atoms with Gasteiger partial charge in [0.2, 0.25) is 0 Å². The molecule has 0 aromatic heterocycles. The first kappa shape index (κ1) is 16.7. The number of hydrogen-bond donors (Lipinski definition) is 2. The third kappa shape index (κ3) is 3.76. The molecule has 0 radical (unpaired) electrons.